The summed E-state index contributed by atoms with van der Waals surface area (Å²) in [5.41, 5.74) is -0.741. The van der Waals surface area contributed by atoms with Crippen molar-refractivity contribution in [2.45, 2.75) is 65.0 Å². The Balaban J connectivity index is 2.84. The van der Waals surface area contributed by atoms with Crippen LogP contribution in [0.25, 0.3) is 0 Å². The molecule has 0 spiro atoms. The van der Waals surface area contributed by atoms with Crippen LogP contribution in [0.1, 0.15) is 53.4 Å². The summed E-state index contributed by atoms with van der Waals surface area (Å²) in [6.07, 6.45) is 4.12. The van der Waals surface area contributed by atoms with E-state index in [2.05, 4.69) is 37.9 Å². The zero-order valence-electron chi connectivity index (χ0n) is 12.9. The van der Waals surface area contributed by atoms with E-state index in [4.69, 9.17) is 0 Å². The van der Waals surface area contributed by atoms with Gasteiger partial charge in [0.1, 0.15) is 5.54 Å². The van der Waals surface area contributed by atoms with Crippen molar-refractivity contribution < 1.29 is 9.90 Å². The minimum Gasteiger partial charge on any atom is -0.480 e. The van der Waals surface area contributed by atoms with Crippen LogP contribution in [-0.4, -0.2) is 47.2 Å². The normalized spacial score (nSPS) is 18.8. The summed E-state index contributed by atoms with van der Waals surface area (Å²) in [4.78, 5) is 14.2. The number of carboxylic acid groups (broad SMARTS) is 1. The molecule has 1 unspecified atom stereocenters. The second kappa shape index (κ2) is 7.25. The second-order valence-electron chi connectivity index (χ2n) is 6.04. The Morgan fingerprint density at radius 3 is 2.37 bits per heavy atom. The summed E-state index contributed by atoms with van der Waals surface area (Å²) in [6.45, 7) is 10.9. The average Bonchev–Trinajstić information content (AvgIpc) is 3.17. The molecular formula is C15H30N2O2. The molecule has 19 heavy (non-hydrogen) atoms. The van der Waals surface area contributed by atoms with Crippen molar-refractivity contribution in [1.82, 2.24) is 10.2 Å². The third-order valence-corrected chi connectivity index (χ3v) is 4.04. The van der Waals surface area contributed by atoms with Crippen molar-refractivity contribution >= 4 is 5.97 Å². The molecule has 0 aromatic rings. The fraction of sp³-hybridized carbons (Fsp3) is 0.933. The van der Waals surface area contributed by atoms with Gasteiger partial charge in [-0.2, -0.15) is 0 Å². The van der Waals surface area contributed by atoms with Gasteiger partial charge in [-0.25, -0.2) is 0 Å². The molecule has 0 heterocycles. The molecule has 0 aromatic heterocycles. The predicted molar refractivity (Wildman–Crippen MR) is 78.4 cm³/mol. The largest absolute Gasteiger partial charge is 0.480 e. The molecule has 0 aromatic carbocycles. The van der Waals surface area contributed by atoms with Gasteiger partial charge in [-0.3, -0.25) is 9.69 Å². The zero-order chi connectivity index (χ0) is 14.5. The van der Waals surface area contributed by atoms with Crippen LogP contribution in [0.2, 0.25) is 0 Å². The van der Waals surface area contributed by atoms with Gasteiger partial charge in [0.25, 0.3) is 0 Å². The Morgan fingerprint density at radius 1 is 1.37 bits per heavy atom. The highest BCUT2D eigenvalue weighted by atomic mass is 16.4. The molecule has 1 aliphatic rings. The van der Waals surface area contributed by atoms with Crippen LogP contribution in [0, 0.1) is 5.92 Å². The number of carbonyl (C=O) groups is 1. The average molecular weight is 270 g/mol. The Kier molecular flexibility index (Phi) is 6.27. The predicted octanol–water partition coefficient (Wildman–Crippen LogP) is 2.34. The molecule has 1 fully saturated rings. The Hall–Kier alpha value is -0.610. The molecule has 4 nitrogen and oxygen atoms in total. The van der Waals surface area contributed by atoms with E-state index in [0.717, 1.165) is 38.8 Å². The molecule has 0 radical (unpaired) electrons. The summed E-state index contributed by atoms with van der Waals surface area (Å²) < 4.78 is 0. The number of hydrogen-bond acceptors (Lipinski definition) is 3. The van der Waals surface area contributed by atoms with E-state index in [1.54, 1.807) is 0 Å². The lowest BCUT2D eigenvalue weighted by Crippen LogP contribution is -2.61. The van der Waals surface area contributed by atoms with E-state index < -0.39 is 11.5 Å². The number of hydrogen-bond donors (Lipinski definition) is 2. The van der Waals surface area contributed by atoms with Gasteiger partial charge in [0, 0.05) is 12.6 Å². The van der Waals surface area contributed by atoms with Crippen LogP contribution in [0.15, 0.2) is 0 Å². The highest BCUT2D eigenvalue weighted by molar-refractivity contribution is 5.80. The molecule has 4 heteroatoms. The number of aliphatic carboxylic acids is 1. The van der Waals surface area contributed by atoms with Crippen molar-refractivity contribution in [1.29, 1.82) is 0 Å². The Bertz CT molecular complexity index is 290. The first kappa shape index (κ1) is 16.4. The maximum atomic E-state index is 11.9. The van der Waals surface area contributed by atoms with E-state index in [1.807, 2.05) is 0 Å². The van der Waals surface area contributed by atoms with Crippen molar-refractivity contribution in [3.05, 3.63) is 0 Å². The summed E-state index contributed by atoms with van der Waals surface area (Å²) in [6, 6.07) is 0.390. The van der Waals surface area contributed by atoms with Gasteiger partial charge in [-0.15, -0.1) is 0 Å². The van der Waals surface area contributed by atoms with Crippen LogP contribution < -0.4 is 5.32 Å². The van der Waals surface area contributed by atoms with Crippen LogP contribution in [0.3, 0.4) is 0 Å². The van der Waals surface area contributed by atoms with Gasteiger partial charge in [0.2, 0.25) is 0 Å². The second-order valence-corrected chi connectivity index (χ2v) is 6.04. The molecular weight excluding hydrogens is 240 g/mol. The summed E-state index contributed by atoms with van der Waals surface area (Å²) in [5, 5.41) is 13.1. The lowest BCUT2D eigenvalue weighted by molar-refractivity contribution is -0.147. The molecule has 1 rings (SSSR count). The molecule has 1 aliphatic carbocycles. The molecule has 0 bridgehead atoms. The van der Waals surface area contributed by atoms with Crippen LogP contribution in [0.5, 0.6) is 0 Å². The monoisotopic (exact) mass is 270 g/mol. The highest BCUT2D eigenvalue weighted by Gasteiger charge is 2.51. The van der Waals surface area contributed by atoms with Gasteiger partial charge in [0.15, 0.2) is 0 Å². The van der Waals surface area contributed by atoms with E-state index >= 15 is 0 Å². The molecule has 0 aliphatic heterocycles. The molecule has 1 saturated carbocycles. The van der Waals surface area contributed by atoms with Gasteiger partial charge >= 0.3 is 5.97 Å². The van der Waals surface area contributed by atoms with E-state index in [-0.39, 0.29) is 0 Å². The van der Waals surface area contributed by atoms with Gasteiger partial charge < -0.3 is 10.4 Å². The van der Waals surface area contributed by atoms with Crippen molar-refractivity contribution in [3.8, 4) is 0 Å². The maximum Gasteiger partial charge on any atom is 0.325 e. The van der Waals surface area contributed by atoms with Gasteiger partial charge in [-0.1, -0.05) is 13.8 Å². The summed E-state index contributed by atoms with van der Waals surface area (Å²) in [5.74, 6) is -0.375. The summed E-state index contributed by atoms with van der Waals surface area (Å²) >= 11 is 0. The van der Waals surface area contributed by atoms with E-state index in [1.165, 1.54) is 0 Å². The lowest BCUT2D eigenvalue weighted by atomic mass is 9.91. The molecule has 2 N–H and O–H groups in total. The van der Waals surface area contributed by atoms with Gasteiger partial charge in [0.05, 0.1) is 0 Å². The third-order valence-electron chi connectivity index (χ3n) is 4.04. The fourth-order valence-corrected chi connectivity index (χ4v) is 2.70. The highest BCUT2D eigenvalue weighted by Crippen LogP contribution is 2.40. The lowest BCUT2D eigenvalue weighted by Gasteiger charge is -2.38. The third kappa shape index (κ3) is 4.18. The van der Waals surface area contributed by atoms with E-state index in [9.17, 15) is 9.90 Å². The molecule has 112 valence electrons. The fourth-order valence-electron chi connectivity index (χ4n) is 2.70. The number of rotatable bonds is 10. The maximum absolute atomic E-state index is 11.9. The minimum atomic E-state index is -0.741. The van der Waals surface area contributed by atoms with Crippen LogP contribution >= 0.6 is 0 Å². The Labute approximate surface area is 117 Å². The first-order chi connectivity index (χ1) is 8.97. The van der Waals surface area contributed by atoms with Crippen LogP contribution in [-0.2, 0) is 4.79 Å². The molecule has 1 atom stereocenters. The minimum absolute atomic E-state index is 0.301. The Morgan fingerprint density at radius 2 is 2.00 bits per heavy atom. The van der Waals surface area contributed by atoms with E-state index in [0.29, 0.717) is 18.5 Å². The van der Waals surface area contributed by atoms with Crippen molar-refractivity contribution in [2.75, 3.05) is 19.6 Å². The van der Waals surface area contributed by atoms with Crippen molar-refractivity contribution in [2.24, 2.45) is 5.92 Å². The quantitative estimate of drug-likeness (QED) is 0.640. The van der Waals surface area contributed by atoms with Gasteiger partial charge in [-0.05, 0) is 58.5 Å². The number of carboxylic acids is 1. The smallest absolute Gasteiger partial charge is 0.325 e. The first-order valence-corrected chi connectivity index (χ1v) is 7.70. The number of nitrogens with zero attached hydrogens (tertiary/aromatic N) is 1. The first-order valence-electron chi connectivity index (χ1n) is 7.70. The molecule has 0 saturated heterocycles. The topological polar surface area (TPSA) is 52.6 Å². The molecule has 0 amide bonds. The SMILES string of the molecule is CCCNC(CN(CCC)C(C)C)(C(=O)O)C1CC1. The summed E-state index contributed by atoms with van der Waals surface area (Å²) in [7, 11) is 0. The van der Waals surface area contributed by atoms with Crippen LogP contribution in [0.4, 0.5) is 0 Å². The van der Waals surface area contributed by atoms with Crippen molar-refractivity contribution in [3.63, 3.8) is 0 Å². The standard InChI is InChI=1S/C15H30N2O2/c1-5-9-16-15(14(18)19,13-7-8-13)11-17(10-6-2)12(3)4/h12-13,16H,5-11H2,1-4H3,(H,18,19). The number of nitrogens with one attached hydrogen (secondary N) is 1. The zero-order valence-corrected chi connectivity index (χ0v) is 12.9.